The Hall–Kier alpha value is -1.23. The molecule has 0 unspecified atom stereocenters. The van der Waals surface area contributed by atoms with Crippen LogP contribution < -0.4 is 10.6 Å². The van der Waals surface area contributed by atoms with Crippen molar-refractivity contribution in [2.24, 2.45) is 0 Å². The summed E-state index contributed by atoms with van der Waals surface area (Å²) in [6.45, 7) is 1.79. The number of nitrogens with one attached hydrogen (secondary N) is 2. The average molecular weight is 430 g/mol. The SMILES string of the molecule is CN(C1CCCCC1)S(=O)(=O)N1CCN(CC(=O)NC(=O)NC2CCCC2)CC1. The summed E-state index contributed by atoms with van der Waals surface area (Å²) in [6, 6.07) is -0.175. The van der Waals surface area contributed by atoms with Gasteiger partial charge in [0, 0.05) is 45.3 Å². The van der Waals surface area contributed by atoms with Gasteiger partial charge in [-0.25, -0.2) is 4.79 Å². The zero-order valence-electron chi connectivity index (χ0n) is 17.4. The molecule has 0 bridgehead atoms. The molecule has 1 saturated heterocycles. The van der Waals surface area contributed by atoms with Crippen molar-refractivity contribution in [3.8, 4) is 0 Å². The molecule has 2 aliphatic carbocycles. The van der Waals surface area contributed by atoms with E-state index in [-0.39, 0.29) is 24.5 Å². The molecule has 3 rings (SSSR count). The van der Waals surface area contributed by atoms with Crippen LogP contribution in [0.4, 0.5) is 4.79 Å². The van der Waals surface area contributed by atoms with Crippen molar-refractivity contribution in [2.45, 2.75) is 69.9 Å². The number of nitrogens with zero attached hydrogens (tertiary/aromatic N) is 3. The molecular weight excluding hydrogens is 394 g/mol. The molecule has 10 heteroatoms. The number of rotatable bonds is 6. The molecule has 0 spiro atoms. The zero-order chi connectivity index (χ0) is 20.9. The Morgan fingerprint density at radius 2 is 1.52 bits per heavy atom. The summed E-state index contributed by atoms with van der Waals surface area (Å²) in [6.07, 6.45) is 9.37. The number of hydrogen-bond donors (Lipinski definition) is 2. The van der Waals surface area contributed by atoms with Gasteiger partial charge in [-0.1, -0.05) is 32.1 Å². The largest absolute Gasteiger partial charge is 0.335 e. The van der Waals surface area contributed by atoms with Gasteiger partial charge in [0.25, 0.3) is 10.2 Å². The molecule has 0 radical (unpaired) electrons. The predicted molar refractivity (Wildman–Crippen MR) is 110 cm³/mol. The molecule has 9 nitrogen and oxygen atoms in total. The first-order valence-corrected chi connectivity index (χ1v) is 12.3. The van der Waals surface area contributed by atoms with E-state index in [1.165, 1.54) is 10.7 Å². The lowest BCUT2D eigenvalue weighted by Crippen LogP contribution is -2.56. The summed E-state index contributed by atoms with van der Waals surface area (Å²) < 4.78 is 28.9. The molecule has 3 fully saturated rings. The van der Waals surface area contributed by atoms with Crippen molar-refractivity contribution < 1.29 is 18.0 Å². The van der Waals surface area contributed by atoms with Crippen LogP contribution in [0, 0.1) is 0 Å². The Morgan fingerprint density at radius 3 is 2.14 bits per heavy atom. The molecule has 0 aromatic rings. The fraction of sp³-hybridized carbons (Fsp3) is 0.895. The van der Waals surface area contributed by atoms with Crippen LogP contribution in [0.5, 0.6) is 0 Å². The highest BCUT2D eigenvalue weighted by Crippen LogP contribution is 2.25. The average Bonchev–Trinajstić information content (AvgIpc) is 3.21. The molecule has 2 saturated carbocycles. The standard InChI is InChI=1S/C19H35N5O4S/c1-22(17-9-3-2-4-10-17)29(27,28)24-13-11-23(12-14-24)15-18(25)21-19(26)20-16-7-5-6-8-16/h16-17H,2-15H2,1H3,(H2,20,21,25,26). The normalized spacial score (nSPS) is 23.4. The zero-order valence-corrected chi connectivity index (χ0v) is 18.3. The van der Waals surface area contributed by atoms with E-state index in [0.717, 1.165) is 51.4 Å². The topological polar surface area (TPSA) is 102 Å². The van der Waals surface area contributed by atoms with Crippen LogP contribution in [0.2, 0.25) is 0 Å². The smallest absolute Gasteiger partial charge is 0.321 e. The Balaban J connectivity index is 1.41. The van der Waals surface area contributed by atoms with Gasteiger partial charge < -0.3 is 5.32 Å². The maximum absolute atomic E-state index is 12.9. The number of amides is 3. The highest BCUT2D eigenvalue weighted by atomic mass is 32.2. The maximum Gasteiger partial charge on any atom is 0.321 e. The second-order valence-corrected chi connectivity index (χ2v) is 10.5. The van der Waals surface area contributed by atoms with E-state index in [2.05, 4.69) is 10.6 Å². The Kier molecular flexibility index (Phi) is 7.89. The first-order valence-electron chi connectivity index (χ1n) is 10.9. The molecule has 0 aromatic heterocycles. The number of hydrogen-bond acceptors (Lipinski definition) is 5. The highest BCUT2D eigenvalue weighted by Gasteiger charge is 2.34. The van der Waals surface area contributed by atoms with Gasteiger partial charge in [-0.2, -0.15) is 17.0 Å². The third kappa shape index (κ3) is 6.13. The number of urea groups is 1. The van der Waals surface area contributed by atoms with E-state index in [4.69, 9.17) is 0 Å². The second-order valence-electron chi connectivity index (χ2n) is 8.49. The van der Waals surface area contributed by atoms with Crippen molar-refractivity contribution in [1.29, 1.82) is 0 Å². The van der Waals surface area contributed by atoms with Crippen LogP contribution >= 0.6 is 0 Å². The molecular formula is C19H35N5O4S. The Bertz CT molecular complexity index is 666. The van der Waals surface area contributed by atoms with Crippen LogP contribution in [0.3, 0.4) is 0 Å². The van der Waals surface area contributed by atoms with E-state index in [0.29, 0.717) is 26.2 Å². The first kappa shape index (κ1) is 22.5. The molecule has 2 N–H and O–H groups in total. The van der Waals surface area contributed by atoms with Gasteiger partial charge in [0.1, 0.15) is 0 Å². The van der Waals surface area contributed by atoms with Crippen molar-refractivity contribution in [3.05, 3.63) is 0 Å². The number of carbonyl (C=O) groups is 2. The third-order valence-corrected chi connectivity index (χ3v) is 8.46. The number of carbonyl (C=O) groups excluding carboxylic acids is 2. The Morgan fingerprint density at radius 1 is 0.931 bits per heavy atom. The van der Waals surface area contributed by atoms with Crippen LogP contribution in [-0.2, 0) is 15.0 Å². The predicted octanol–water partition coefficient (Wildman–Crippen LogP) is 0.882. The number of piperazine rings is 1. The molecule has 3 aliphatic rings. The lowest BCUT2D eigenvalue weighted by Gasteiger charge is -2.38. The molecule has 1 aliphatic heterocycles. The minimum Gasteiger partial charge on any atom is -0.335 e. The molecule has 29 heavy (non-hydrogen) atoms. The van der Waals surface area contributed by atoms with Crippen molar-refractivity contribution in [3.63, 3.8) is 0 Å². The van der Waals surface area contributed by atoms with Gasteiger partial charge in [0.2, 0.25) is 5.91 Å². The van der Waals surface area contributed by atoms with E-state index < -0.39 is 16.2 Å². The van der Waals surface area contributed by atoms with Crippen LogP contribution in [-0.4, -0.2) is 85.7 Å². The van der Waals surface area contributed by atoms with Gasteiger partial charge >= 0.3 is 6.03 Å². The second kappa shape index (κ2) is 10.2. The van der Waals surface area contributed by atoms with Gasteiger partial charge in [-0.15, -0.1) is 0 Å². The van der Waals surface area contributed by atoms with E-state index >= 15 is 0 Å². The summed E-state index contributed by atoms with van der Waals surface area (Å²) in [5, 5.41) is 5.22. The fourth-order valence-electron chi connectivity index (χ4n) is 4.59. The summed E-state index contributed by atoms with van der Waals surface area (Å²) in [7, 11) is -1.78. The summed E-state index contributed by atoms with van der Waals surface area (Å²) in [4.78, 5) is 25.9. The fourth-order valence-corrected chi connectivity index (χ4v) is 6.17. The Labute approximate surface area is 174 Å². The van der Waals surface area contributed by atoms with Crippen molar-refractivity contribution >= 4 is 22.1 Å². The van der Waals surface area contributed by atoms with Crippen molar-refractivity contribution in [1.82, 2.24) is 24.1 Å². The van der Waals surface area contributed by atoms with Gasteiger partial charge in [0.05, 0.1) is 6.54 Å². The van der Waals surface area contributed by atoms with E-state index in [1.54, 1.807) is 11.4 Å². The quantitative estimate of drug-likeness (QED) is 0.653. The van der Waals surface area contributed by atoms with Gasteiger partial charge in [-0.05, 0) is 25.7 Å². The molecule has 3 amide bonds. The lowest BCUT2D eigenvalue weighted by atomic mass is 9.96. The minimum atomic E-state index is -3.47. The van der Waals surface area contributed by atoms with Crippen LogP contribution in [0.15, 0.2) is 0 Å². The van der Waals surface area contributed by atoms with Gasteiger partial charge in [0.15, 0.2) is 0 Å². The molecule has 166 valence electrons. The lowest BCUT2D eigenvalue weighted by molar-refractivity contribution is -0.121. The molecule has 0 atom stereocenters. The third-order valence-electron chi connectivity index (χ3n) is 6.42. The minimum absolute atomic E-state index is 0.0935. The van der Waals surface area contributed by atoms with E-state index in [9.17, 15) is 18.0 Å². The summed E-state index contributed by atoms with van der Waals surface area (Å²) in [5.74, 6) is -0.351. The van der Waals surface area contributed by atoms with Crippen LogP contribution in [0.1, 0.15) is 57.8 Å². The van der Waals surface area contributed by atoms with Crippen molar-refractivity contribution in [2.75, 3.05) is 39.8 Å². The summed E-state index contributed by atoms with van der Waals surface area (Å²) in [5.41, 5.74) is 0. The highest BCUT2D eigenvalue weighted by molar-refractivity contribution is 7.86. The number of imide groups is 1. The summed E-state index contributed by atoms with van der Waals surface area (Å²) >= 11 is 0. The first-order chi connectivity index (χ1) is 13.9. The monoisotopic (exact) mass is 429 g/mol. The van der Waals surface area contributed by atoms with E-state index in [1.807, 2.05) is 4.90 Å². The van der Waals surface area contributed by atoms with Gasteiger partial charge in [-0.3, -0.25) is 15.0 Å². The molecule has 1 heterocycles. The van der Waals surface area contributed by atoms with Crippen LogP contribution in [0.25, 0.3) is 0 Å². The maximum atomic E-state index is 12.9. The molecule has 0 aromatic carbocycles.